The van der Waals surface area contributed by atoms with Gasteiger partial charge in [-0.05, 0) is 32.9 Å². The summed E-state index contributed by atoms with van der Waals surface area (Å²) in [5.41, 5.74) is 2.77. The van der Waals surface area contributed by atoms with Gasteiger partial charge in [0.15, 0.2) is 5.82 Å². The molecule has 1 unspecified atom stereocenters. The topological polar surface area (TPSA) is 83.6 Å². The summed E-state index contributed by atoms with van der Waals surface area (Å²) in [4.78, 5) is 12.1. The van der Waals surface area contributed by atoms with Gasteiger partial charge in [0, 0.05) is 5.56 Å². The smallest absolute Gasteiger partial charge is 0.251 e. The van der Waals surface area contributed by atoms with Gasteiger partial charge in [-0.25, -0.2) is 0 Å². The van der Waals surface area contributed by atoms with Crippen LogP contribution in [-0.2, 0) is 0 Å². The van der Waals surface area contributed by atoms with E-state index in [9.17, 15) is 4.79 Å². The second-order valence-electron chi connectivity index (χ2n) is 4.34. The van der Waals surface area contributed by atoms with Crippen molar-refractivity contribution < 1.29 is 4.79 Å². The van der Waals surface area contributed by atoms with Gasteiger partial charge in [0.05, 0.1) is 6.04 Å². The molecule has 1 heterocycles. The lowest BCUT2D eigenvalue weighted by molar-refractivity contribution is 0.0938. The van der Waals surface area contributed by atoms with Crippen LogP contribution in [0.2, 0.25) is 0 Å². The first-order valence-corrected chi connectivity index (χ1v) is 5.69. The monoisotopic (exact) mass is 245 g/mol. The predicted octanol–water partition coefficient (Wildman–Crippen LogP) is 1.31. The maximum atomic E-state index is 12.1. The summed E-state index contributed by atoms with van der Waals surface area (Å²) < 4.78 is 0. The van der Waals surface area contributed by atoms with Crippen molar-refractivity contribution in [2.45, 2.75) is 26.8 Å². The molecule has 1 amide bonds. The maximum Gasteiger partial charge on any atom is 0.251 e. The van der Waals surface area contributed by atoms with Crippen molar-refractivity contribution in [3.63, 3.8) is 0 Å². The van der Waals surface area contributed by atoms with Gasteiger partial charge in [0.25, 0.3) is 5.91 Å². The highest BCUT2D eigenvalue weighted by atomic mass is 16.1. The summed E-state index contributed by atoms with van der Waals surface area (Å²) in [5.74, 6) is 0.326. The zero-order valence-corrected chi connectivity index (χ0v) is 10.6. The molecule has 1 aromatic carbocycles. The van der Waals surface area contributed by atoms with Crippen LogP contribution in [0, 0.1) is 13.8 Å². The number of aryl methyl sites for hydroxylation is 2. The Labute approximate surface area is 105 Å². The number of nitrogens with zero attached hydrogens (tertiary/aromatic N) is 3. The van der Waals surface area contributed by atoms with E-state index in [2.05, 4.69) is 25.9 Å². The highest BCUT2D eigenvalue weighted by Crippen LogP contribution is 2.11. The molecule has 0 saturated heterocycles. The van der Waals surface area contributed by atoms with Gasteiger partial charge in [-0.3, -0.25) is 4.79 Å². The molecule has 94 valence electrons. The minimum Gasteiger partial charge on any atom is -0.342 e. The van der Waals surface area contributed by atoms with Crippen LogP contribution in [0.4, 0.5) is 0 Å². The van der Waals surface area contributed by atoms with Gasteiger partial charge in [0.2, 0.25) is 0 Å². The number of hydrogen-bond donors (Lipinski definition) is 2. The molecular formula is C12H15N5O. The Morgan fingerprint density at radius 3 is 2.50 bits per heavy atom. The van der Waals surface area contributed by atoms with Gasteiger partial charge in [0.1, 0.15) is 0 Å². The normalized spacial score (nSPS) is 12.2. The van der Waals surface area contributed by atoms with E-state index in [0.717, 1.165) is 11.1 Å². The molecule has 0 aliphatic rings. The molecule has 0 fully saturated rings. The molecule has 0 radical (unpaired) electrons. The van der Waals surface area contributed by atoms with Crippen LogP contribution in [0.5, 0.6) is 0 Å². The van der Waals surface area contributed by atoms with Crippen LogP contribution in [-0.4, -0.2) is 26.5 Å². The molecular weight excluding hydrogens is 230 g/mol. The maximum absolute atomic E-state index is 12.1. The molecule has 2 rings (SSSR count). The van der Waals surface area contributed by atoms with E-state index in [1.54, 1.807) is 0 Å². The third-order valence-corrected chi connectivity index (χ3v) is 2.58. The average Bonchev–Trinajstić information content (AvgIpc) is 2.80. The Kier molecular flexibility index (Phi) is 3.36. The molecule has 2 aromatic rings. The van der Waals surface area contributed by atoms with E-state index in [0.29, 0.717) is 11.4 Å². The van der Waals surface area contributed by atoms with Crippen LogP contribution < -0.4 is 5.32 Å². The number of rotatable bonds is 3. The Morgan fingerprint density at radius 2 is 1.94 bits per heavy atom. The Bertz CT molecular complexity index is 529. The third kappa shape index (κ3) is 2.71. The highest BCUT2D eigenvalue weighted by molar-refractivity contribution is 5.94. The molecule has 0 spiro atoms. The van der Waals surface area contributed by atoms with Gasteiger partial charge in [-0.2, -0.15) is 5.21 Å². The fourth-order valence-electron chi connectivity index (χ4n) is 1.80. The van der Waals surface area contributed by atoms with Crippen molar-refractivity contribution in [2.75, 3.05) is 0 Å². The van der Waals surface area contributed by atoms with Crippen molar-refractivity contribution in [3.8, 4) is 0 Å². The first kappa shape index (κ1) is 12.2. The molecule has 2 N–H and O–H groups in total. The van der Waals surface area contributed by atoms with Crippen LogP contribution in [0.1, 0.15) is 40.3 Å². The number of amides is 1. The zero-order chi connectivity index (χ0) is 13.1. The summed E-state index contributed by atoms with van der Waals surface area (Å²) in [5, 5.41) is 16.3. The molecule has 18 heavy (non-hydrogen) atoms. The van der Waals surface area contributed by atoms with Crippen molar-refractivity contribution in [3.05, 3.63) is 40.7 Å². The van der Waals surface area contributed by atoms with Crippen LogP contribution in [0.3, 0.4) is 0 Å². The number of aromatic amines is 1. The van der Waals surface area contributed by atoms with E-state index in [1.165, 1.54) is 0 Å². The fraction of sp³-hybridized carbons (Fsp3) is 0.333. The SMILES string of the molecule is Cc1cc(C)cc(C(=O)NC(C)c2nn[nH]n2)c1. The predicted molar refractivity (Wildman–Crippen MR) is 66.0 cm³/mol. The van der Waals surface area contributed by atoms with Gasteiger partial charge < -0.3 is 5.32 Å². The largest absolute Gasteiger partial charge is 0.342 e. The Hall–Kier alpha value is -2.24. The van der Waals surface area contributed by atoms with Gasteiger partial charge in [-0.1, -0.05) is 22.4 Å². The minimum absolute atomic E-state index is 0.140. The standard InChI is InChI=1S/C12H15N5O/c1-7-4-8(2)6-10(5-7)12(18)13-9(3)11-14-16-17-15-11/h4-6,9H,1-3H3,(H,13,18)(H,14,15,16,17). The lowest BCUT2D eigenvalue weighted by Crippen LogP contribution is -2.27. The number of carbonyl (C=O) groups excluding carboxylic acids is 1. The second-order valence-corrected chi connectivity index (χ2v) is 4.34. The number of hydrogen-bond acceptors (Lipinski definition) is 4. The number of tetrazole rings is 1. The lowest BCUT2D eigenvalue weighted by Gasteiger charge is -2.11. The zero-order valence-electron chi connectivity index (χ0n) is 10.6. The van der Waals surface area contributed by atoms with E-state index >= 15 is 0 Å². The van der Waals surface area contributed by atoms with Gasteiger partial charge in [-0.15, -0.1) is 10.2 Å². The number of H-pyrrole nitrogens is 1. The summed E-state index contributed by atoms with van der Waals surface area (Å²) in [7, 11) is 0. The van der Waals surface area contributed by atoms with E-state index in [4.69, 9.17) is 0 Å². The van der Waals surface area contributed by atoms with Crippen LogP contribution in [0.25, 0.3) is 0 Å². The van der Waals surface area contributed by atoms with E-state index in [1.807, 2.05) is 39.0 Å². The number of carbonyl (C=O) groups is 1. The first-order chi connectivity index (χ1) is 8.56. The number of nitrogens with one attached hydrogen (secondary N) is 2. The van der Waals surface area contributed by atoms with Crippen molar-refractivity contribution in [2.24, 2.45) is 0 Å². The van der Waals surface area contributed by atoms with Crippen molar-refractivity contribution in [1.82, 2.24) is 25.9 Å². The van der Waals surface area contributed by atoms with E-state index < -0.39 is 0 Å². The van der Waals surface area contributed by atoms with Crippen LogP contribution in [0.15, 0.2) is 18.2 Å². The highest BCUT2D eigenvalue weighted by Gasteiger charge is 2.14. The summed E-state index contributed by atoms with van der Waals surface area (Å²) in [6.07, 6.45) is 0. The van der Waals surface area contributed by atoms with Crippen molar-refractivity contribution in [1.29, 1.82) is 0 Å². The van der Waals surface area contributed by atoms with Crippen LogP contribution >= 0.6 is 0 Å². The average molecular weight is 245 g/mol. The van der Waals surface area contributed by atoms with Crippen molar-refractivity contribution >= 4 is 5.91 Å². The third-order valence-electron chi connectivity index (χ3n) is 2.58. The fourth-order valence-corrected chi connectivity index (χ4v) is 1.80. The number of aromatic nitrogens is 4. The Balaban J connectivity index is 2.12. The molecule has 6 nitrogen and oxygen atoms in total. The minimum atomic E-state index is -0.280. The molecule has 0 aliphatic heterocycles. The first-order valence-electron chi connectivity index (χ1n) is 5.69. The molecule has 1 aromatic heterocycles. The molecule has 6 heteroatoms. The molecule has 0 aliphatic carbocycles. The lowest BCUT2D eigenvalue weighted by atomic mass is 10.1. The van der Waals surface area contributed by atoms with Gasteiger partial charge >= 0.3 is 0 Å². The molecule has 0 bridgehead atoms. The molecule has 0 saturated carbocycles. The summed E-state index contributed by atoms with van der Waals surface area (Å²) >= 11 is 0. The number of benzene rings is 1. The summed E-state index contributed by atoms with van der Waals surface area (Å²) in [6.45, 7) is 5.74. The quantitative estimate of drug-likeness (QED) is 0.854. The van der Waals surface area contributed by atoms with E-state index in [-0.39, 0.29) is 11.9 Å². The molecule has 1 atom stereocenters. The Morgan fingerprint density at radius 1 is 1.28 bits per heavy atom. The second kappa shape index (κ2) is 4.95. The summed E-state index contributed by atoms with van der Waals surface area (Å²) in [6, 6.07) is 5.45.